The van der Waals surface area contributed by atoms with Crippen LogP contribution in [0.2, 0.25) is 0 Å². The molecule has 0 spiro atoms. The second kappa shape index (κ2) is 10.1. The third-order valence-corrected chi connectivity index (χ3v) is 8.77. The highest BCUT2D eigenvalue weighted by atomic mass is 19.4. The maximum absolute atomic E-state index is 14.3. The average molecular weight is 570 g/mol. The van der Waals surface area contributed by atoms with Gasteiger partial charge in [0.25, 0.3) is 5.91 Å². The highest BCUT2D eigenvalue weighted by molar-refractivity contribution is 6.10. The van der Waals surface area contributed by atoms with Crippen LogP contribution in [0.5, 0.6) is 5.75 Å². The Kier molecular flexibility index (Phi) is 6.85. The summed E-state index contributed by atoms with van der Waals surface area (Å²) < 4.78 is 56.2. The molecule has 3 aliphatic rings. The number of ether oxygens (including phenoxy) is 2. The first kappa shape index (κ1) is 27.7. The Morgan fingerprint density at radius 2 is 1.93 bits per heavy atom. The first-order valence-corrected chi connectivity index (χ1v) is 14.0. The van der Waals surface area contributed by atoms with Gasteiger partial charge in [-0.25, -0.2) is 0 Å². The average Bonchev–Trinajstić information content (AvgIpc) is 3.44. The number of amides is 1. The van der Waals surface area contributed by atoms with Gasteiger partial charge in [0, 0.05) is 48.3 Å². The lowest BCUT2D eigenvalue weighted by Crippen LogP contribution is -2.49. The normalized spacial score (nSPS) is 19.1. The van der Waals surface area contributed by atoms with Gasteiger partial charge in [0.2, 0.25) is 0 Å². The molecule has 1 aliphatic carbocycles. The van der Waals surface area contributed by atoms with Crippen LogP contribution in [0.4, 0.5) is 18.9 Å². The quantitative estimate of drug-likeness (QED) is 0.394. The van der Waals surface area contributed by atoms with E-state index < -0.39 is 23.1 Å². The molecule has 0 radical (unpaired) electrons. The molecule has 0 unspecified atom stereocenters. The molecule has 6 rings (SSSR count). The minimum atomic E-state index is -4.58. The van der Waals surface area contributed by atoms with E-state index in [1.54, 1.807) is 18.5 Å². The Bertz CT molecular complexity index is 1480. The molecule has 3 aromatic rings. The zero-order valence-corrected chi connectivity index (χ0v) is 23.5. The standard InChI is InChI=1S/C30H34F3N5O3/c1-4-41-22-11-20(29(16-40-17-29)13-26-36-35-18-37(26)3)10-21(12-22)38-15-24-23(27(38)39)8-19(9-25(24)30(31,32)33)14-34-28(2)6-5-7-28/h8-12,18,34H,4-7,13-17H2,1-3H3. The molecule has 2 aliphatic heterocycles. The first-order chi connectivity index (χ1) is 19.5. The fraction of sp³-hybridized carbons (Fsp3) is 0.500. The van der Waals surface area contributed by atoms with Crippen LogP contribution >= 0.6 is 0 Å². The van der Waals surface area contributed by atoms with Crippen LogP contribution in [-0.4, -0.2) is 46.0 Å². The number of carbonyl (C=O) groups excluding carboxylic acids is 1. The van der Waals surface area contributed by atoms with E-state index in [0.29, 0.717) is 43.2 Å². The Balaban J connectivity index is 1.36. The topological polar surface area (TPSA) is 81.5 Å². The molecule has 1 aromatic heterocycles. The van der Waals surface area contributed by atoms with E-state index in [9.17, 15) is 18.0 Å². The van der Waals surface area contributed by atoms with Crippen molar-refractivity contribution in [3.8, 4) is 5.75 Å². The van der Waals surface area contributed by atoms with Crippen molar-refractivity contribution in [2.75, 3.05) is 24.7 Å². The molecule has 1 amide bonds. The monoisotopic (exact) mass is 569 g/mol. The van der Waals surface area contributed by atoms with Gasteiger partial charge in [0.15, 0.2) is 0 Å². The summed E-state index contributed by atoms with van der Waals surface area (Å²) in [6.45, 7) is 5.32. The van der Waals surface area contributed by atoms with Crippen molar-refractivity contribution < 1.29 is 27.4 Å². The number of rotatable bonds is 9. The van der Waals surface area contributed by atoms with Gasteiger partial charge >= 0.3 is 6.18 Å². The number of aryl methyl sites for hydroxylation is 1. The molecule has 2 fully saturated rings. The molecule has 218 valence electrons. The summed E-state index contributed by atoms with van der Waals surface area (Å²) >= 11 is 0. The number of benzene rings is 2. The molecule has 41 heavy (non-hydrogen) atoms. The fourth-order valence-electron chi connectivity index (χ4n) is 6.02. The predicted octanol–water partition coefficient (Wildman–Crippen LogP) is 4.94. The molecule has 1 N–H and O–H groups in total. The zero-order chi connectivity index (χ0) is 29.0. The summed E-state index contributed by atoms with van der Waals surface area (Å²) in [7, 11) is 1.87. The van der Waals surface area contributed by atoms with E-state index in [1.807, 2.05) is 30.7 Å². The predicted molar refractivity (Wildman–Crippen MR) is 146 cm³/mol. The van der Waals surface area contributed by atoms with Gasteiger partial charge in [-0.2, -0.15) is 13.2 Å². The van der Waals surface area contributed by atoms with E-state index in [0.717, 1.165) is 30.7 Å². The first-order valence-electron chi connectivity index (χ1n) is 14.0. The maximum atomic E-state index is 14.3. The summed E-state index contributed by atoms with van der Waals surface area (Å²) in [5.41, 5.74) is 0.676. The van der Waals surface area contributed by atoms with Crippen molar-refractivity contribution in [1.82, 2.24) is 20.1 Å². The van der Waals surface area contributed by atoms with Gasteiger partial charge < -0.3 is 24.3 Å². The number of fused-ring (bicyclic) bond motifs is 1. The van der Waals surface area contributed by atoms with Crippen LogP contribution in [0.1, 0.15) is 71.5 Å². The van der Waals surface area contributed by atoms with E-state index in [2.05, 4.69) is 22.4 Å². The molecule has 11 heteroatoms. The third kappa shape index (κ3) is 5.10. The SMILES string of the molecule is CCOc1cc(N2Cc3c(cc(CNC4(C)CCC4)cc3C(F)(F)F)C2=O)cc(C2(Cc3nncn3C)COC2)c1. The minimum absolute atomic E-state index is 0.00486. The molecule has 0 bridgehead atoms. The van der Waals surface area contributed by atoms with Gasteiger partial charge in [-0.15, -0.1) is 10.2 Å². The number of nitrogens with zero attached hydrogens (tertiary/aromatic N) is 4. The van der Waals surface area contributed by atoms with Crippen molar-refractivity contribution in [1.29, 1.82) is 0 Å². The third-order valence-electron chi connectivity index (χ3n) is 8.77. The Labute approximate surface area is 236 Å². The number of hydrogen-bond donors (Lipinski definition) is 1. The number of carbonyl (C=O) groups is 1. The van der Waals surface area contributed by atoms with Crippen molar-refractivity contribution in [3.63, 3.8) is 0 Å². The molecule has 2 aromatic carbocycles. The second-order valence-electron chi connectivity index (χ2n) is 11.8. The van der Waals surface area contributed by atoms with E-state index in [1.165, 1.54) is 11.0 Å². The summed E-state index contributed by atoms with van der Waals surface area (Å²) in [6, 6.07) is 8.32. The Hall–Kier alpha value is -3.44. The number of halogens is 3. The lowest BCUT2D eigenvalue weighted by molar-refractivity contribution is -0.138. The van der Waals surface area contributed by atoms with Crippen molar-refractivity contribution >= 4 is 11.6 Å². The summed E-state index contributed by atoms with van der Waals surface area (Å²) in [5, 5.41) is 11.6. The number of alkyl halides is 3. The van der Waals surface area contributed by atoms with Crippen molar-refractivity contribution in [2.24, 2.45) is 7.05 Å². The highest BCUT2D eigenvalue weighted by Gasteiger charge is 2.44. The molecular weight excluding hydrogens is 535 g/mol. The summed E-state index contributed by atoms with van der Waals surface area (Å²) in [5.74, 6) is 0.879. The summed E-state index contributed by atoms with van der Waals surface area (Å²) in [6.07, 6.45) is 0.679. The van der Waals surface area contributed by atoms with Gasteiger partial charge in [-0.1, -0.05) is 0 Å². The smallest absolute Gasteiger partial charge is 0.416 e. The van der Waals surface area contributed by atoms with Gasteiger partial charge in [-0.3, -0.25) is 4.79 Å². The second-order valence-corrected chi connectivity index (χ2v) is 11.8. The minimum Gasteiger partial charge on any atom is -0.494 e. The van der Waals surface area contributed by atoms with Crippen LogP contribution in [-0.2, 0) is 42.9 Å². The lowest BCUT2D eigenvalue weighted by Gasteiger charge is -2.42. The van der Waals surface area contributed by atoms with E-state index in [4.69, 9.17) is 9.47 Å². The van der Waals surface area contributed by atoms with Crippen LogP contribution < -0.4 is 15.0 Å². The molecular formula is C30H34F3N5O3. The van der Waals surface area contributed by atoms with Crippen molar-refractivity contribution in [3.05, 3.63) is 70.3 Å². The van der Waals surface area contributed by atoms with Crippen LogP contribution in [0.25, 0.3) is 0 Å². The number of hydrogen-bond acceptors (Lipinski definition) is 6. The van der Waals surface area contributed by atoms with E-state index >= 15 is 0 Å². The van der Waals surface area contributed by atoms with E-state index in [-0.39, 0.29) is 29.8 Å². The van der Waals surface area contributed by atoms with Gasteiger partial charge in [0.1, 0.15) is 17.9 Å². The van der Waals surface area contributed by atoms with Crippen molar-refractivity contribution in [2.45, 2.75) is 69.8 Å². The number of aromatic nitrogens is 3. The van der Waals surface area contributed by atoms with Gasteiger partial charge in [0.05, 0.1) is 31.9 Å². The molecule has 1 saturated heterocycles. The molecule has 0 atom stereocenters. The number of nitrogens with one attached hydrogen (secondary N) is 1. The number of anilines is 1. The van der Waals surface area contributed by atoms with Crippen LogP contribution in [0, 0.1) is 0 Å². The Morgan fingerprint density at radius 3 is 2.51 bits per heavy atom. The molecule has 8 nitrogen and oxygen atoms in total. The fourth-order valence-corrected chi connectivity index (χ4v) is 6.02. The zero-order valence-electron chi connectivity index (χ0n) is 23.5. The van der Waals surface area contributed by atoms with Crippen LogP contribution in [0.15, 0.2) is 36.7 Å². The molecule has 1 saturated carbocycles. The lowest BCUT2D eigenvalue weighted by atomic mass is 9.75. The molecule has 3 heterocycles. The summed E-state index contributed by atoms with van der Waals surface area (Å²) in [4.78, 5) is 15.2. The maximum Gasteiger partial charge on any atom is 0.416 e. The highest BCUT2D eigenvalue weighted by Crippen LogP contribution is 2.43. The Morgan fingerprint density at radius 1 is 1.15 bits per heavy atom. The van der Waals surface area contributed by atoms with Crippen LogP contribution in [0.3, 0.4) is 0 Å². The largest absolute Gasteiger partial charge is 0.494 e. The van der Waals surface area contributed by atoms with Gasteiger partial charge in [-0.05, 0) is 74.1 Å².